The van der Waals surface area contributed by atoms with Gasteiger partial charge in [-0.15, -0.1) is 0 Å². The van der Waals surface area contributed by atoms with E-state index in [9.17, 15) is 0 Å². The monoisotopic (exact) mass is 202 g/mol. The summed E-state index contributed by atoms with van der Waals surface area (Å²) < 4.78 is 10.9. The van der Waals surface area contributed by atoms with Crippen molar-refractivity contribution < 1.29 is 9.47 Å². The highest BCUT2D eigenvalue weighted by molar-refractivity contribution is 5.73. The molecule has 1 unspecified atom stereocenters. The molecule has 15 heavy (non-hydrogen) atoms. The molecule has 0 spiro atoms. The molecule has 78 valence electrons. The van der Waals surface area contributed by atoms with Gasteiger partial charge in [-0.25, -0.2) is 0 Å². The van der Waals surface area contributed by atoms with Gasteiger partial charge in [0.15, 0.2) is 0 Å². The van der Waals surface area contributed by atoms with Gasteiger partial charge in [0.25, 0.3) is 0 Å². The average Bonchev–Trinajstić information content (AvgIpc) is 3.01. The van der Waals surface area contributed by atoms with Crippen LogP contribution in [-0.2, 0) is 11.2 Å². The third kappa shape index (κ3) is 1.65. The van der Waals surface area contributed by atoms with Crippen LogP contribution in [0.2, 0.25) is 0 Å². The van der Waals surface area contributed by atoms with Crippen LogP contribution in [0, 0.1) is 0 Å². The molecule has 1 saturated heterocycles. The smallest absolute Gasteiger partial charge is 0.123 e. The van der Waals surface area contributed by atoms with E-state index in [0.717, 1.165) is 18.8 Å². The lowest BCUT2D eigenvalue weighted by atomic mass is 10.1. The minimum atomic E-state index is 0.330. The van der Waals surface area contributed by atoms with Crippen LogP contribution < -0.4 is 4.74 Å². The molecule has 3 rings (SSSR count). The Balaban J connectivity index is 1.83. The van der Waals surface area contributed by atoms with Gasteiger partial charge in [0.2, 0.25) is 0 Å². The fraction of sp³-hybridized carbons (Fsp3) is 0.385. The van der Waals surface area contributed by atoms with E-state index in [1.54, 1.807) is 0 Å². The van der Waals surface area contributed by atoms with Crippen LogP contribution in [0.3, 0.4) is 0 Å². The van der Waals surface area contributed by atoms with Gasteiger partial charge in [-0.1, -0.05) is 18.2 Å². The second-order valence-corrected chi connectivity index (χ2v) is 4.14. The average molecular weight is 202 g/mol. The zero-order valence-electron chi connectivity index (χ0n) is 8.82. The Morgan fingerprint density at radius 3 is 3.13 bits per heavy atom. The quantitative estimate of drug-likeness (QED) is 0.702. The summed E-state index contributed by atoms with van der Waals surface area (Å²) in [5.41, 5.74) is 4.03. The van der Waals surface area contributed by atoms with Gasteiger partial charge in [0, 0.05) is 5.56 Å². The highest BCUT2D eigenvalue weighted by atomic mass is 16.6. The van der Waals surface area contributed by atoms with Crippen LogP contribution in [0.15, 0.2) is 24.3 Å². The van der Waals surface area contributed by atoms with Crippen LogP contribution in [0.25, 0.3) is 5.57 Å². The van der Waals surface area contributed by atoms with Crippen molar-refractivity contribution in [3.63, 3.8) is 0 Å². The summed E-state index contributed by atoms with van der Waals surface area (Å²) in [6.45, 7) is 3.70. The Bertz CT molecular complexity index is 417. The number of allylic oxidation sites excluding steroid dienone is 2. The second kappa shape index (κ2) is 3.38. The first-order chi connectivity index (χ1) is 7.34. The first kappa shape index (κ1) is 8.98. The molecule has 2 aliphatic rings. The number of fused-ring (bicyclic) bond motifs is 1. The van der Waals surface area contributed by atoms with Gasteiger partial charge in [-0.3, -0.25) is 0 Å². The van der Waals surface area contributed by atoms with Gasteiger partial charge in [-0.2, -0.15) is 0 Å². The molecule has 0 bridgehead atoms. The van der Waals surface area contributed by atoms with Crippen LogP contribution >= 0.6 is 0 Å². The van der Waals surface area contributed by atoms with Crippen molar-refractivity contribution in [3.8, 4) is 5.75 Å². The maximum atomic E-state index is 5.76. The zero-order chi connectivity index (χ0) is 10.3. The van der Waals surface area contributed by atoms with E-state index in [1.807, 2.05) is 6.07 Å². The molecule has 1 atom stereocenters. The van der Waals surface area contributed by atoms with Crippen LogP contribution in [0.5, 0.6) is 5.75 Å². The van der Waals surface area contributed by atoms with Gasteiger partial charge in [0.1, 0.15) is 18.5 Å². The predicted molar refractivity (Wildman–Crippen MR) is 59.0 cm³/mol. The molecular weight excluding hydrogens is 188 g/mol. The minimum Gasteiger partial charge on any atom is -0.490 e. The van der Waals surface area contributed by atoms with Crippen LogP contribution in [-0.4, -0.2) is 19.3 Å². The number of rotatable bonds is 3. The lowest BCUT2D eigenvalue weighted by Gasteiger charge is -2.10. The summed E-state index contributed by atoms with van der Waals surface area (Å²) >= 11 is 0. The zero-order valence-corrected chi connectivity index (χ0v) is 8.82. The van der Waals surface area contributed by atoms with E-state index in [1.165, 1.54) is 16.7 Å². The van der Waals surface area contributed by atoms with Crippen molar-refractivity contribution in [1.29, 1.82) is 0 Å². The first-order valence-corrected chi connectivity index (χ1v) is 5.38. The third-order valence-corrected chi connectivity index (χ3v) is 3.00. The molecule has 1 heterocycles. The Labute approximate surface area is 89.5 Å². The summed E-state index contributed by atoms with van der Waals surface area (Å²) in [5.74, 6) is 1.02. The number of ether oxygens (including phenoxy) is 2. The van der Waals surface area contributed by atoms with Crippen molar-refractivity contribution in [3.05, 3.63) is 35.4 Å². The Hall–Kier alpha value is -1.28. The van der Waals surface area contributed by atoms with Crippen molar-refractivity contribution in [2.75, 3.05) is 13.2 Å². The Morgan fingerprint density at radius 2 is 2.33 bits per heavy atom. The Kier molecular flexibility index (Phi) is 2.03. The molecular formula is C13H14O2. The molecule has 1 aliphatic carbocycles. The van der Waals surface area contributed by atoms with Gasteiger partial charge in [-0.05, 0) is 30.5 Å². The lowest BCUT2D eigenvalue weighted by Crippen LogP contribution is -2.05. The second-order valence-electron chi connectivity index (χ2n) is 4.14. The molecule has 1 aromatic rings. The van der Waals surface area contributed by atoms with E-state index in [0.29, 0.717) is 12.7 Å². The van der Waals surface area contributed by atoms with Crippen molar-refractivity contribution in [1.82, 2.24) is 0 Å². The van der Waals surface area contributed by atoms with Crippen molar-refractivity contribution in [2.45, 2.75) is 19.4 Å². The van der Waals surface area contributed by atoms with Crippen molar-refractivity contribution in [2.24, 2.45) is 0 Å². The number of epoxide rings is 1. The maximum absolute atomic E-state index is 5.76. The third-order valence-electron chi connectivity index (χ3n) is 3.00. The maximum Gasteiger partial charge on any atom is 0.123 e. The molecule has 1 aliphatic heterocycles. The fourth-order valence-corrected chi connectivity index (χ4v) is 1.99. The van der Waals surface area contributed by atoms with E-state index in [-0.39, 0.29) is 0 Å². The molecule has 2 heteroatoms. The number of hydrogen-bond donors (Lipinski definition) is 0. The van der Waals surface area contributed by atoms with Crippen LogP contribution in [0.1, 0.15) is 18.1 Å². The molecule has 0 saturated carbocycles. The molecule has 2 nitrogen and oxygen atoms in total. The fourth-order valence-electron chi connectivity index (χ4n) is 1.99. The standard InChI is InChI=1S/C13H14O2/c1-9-5-6-12-11(9)3-2-4-13(12)15-8-10-7-14-10/h2-5,10H,6-8H2,1H3. The molecule has 0 radical (unpaired) electrons. The summed E-state index contributed by atoms with van der Waals surface area (Å²) in [5, 5.41) is 0. The van der Waals surface area contributed by atoms with E-state index < -0.39 is 0 Å². The van der Waals surface area contributed by atoms with Gasteiger partial charge < -0.3 is 9.47 Å². The summed E-state index contributed by atoms with van der Waals surface area (Å²) in [6, 6.07) is 6.27. The van der Waals surface area contributed by atoms with Crippen molar-refractivity contribution >= 4 is 5.57 Å². The largest absolute Gasteiger partial charge is 0.490 e. The summed E-state index contributed by atoms with van der Waals surface area (Å²) in [6.07, 6.45) is 3.59. The molecule has 1 aromatic carbocycles. The topological polar surface area (TPSA) is 21.8 Å². The van der Waals surface area contributed by atoms with E-state index in [4.69, 9.17) is 9.47 Å². The van der Waals surface area contributed by atoms with E-state index in [2.05, 4.69) is 25.1 Å². The SMILES string of the molecule is CC1=CCc2c(OCC3CO3)cccc21. The lowest BCUT2D eigenvalue weighted by molar-refractivity contribution is 0.261. The van der Waals surface area contributed by atoms with E-state index >= 15 is 0 Å². The highest BCUT2D eigenvalue weighted by Gasteiger charge is 2.24. The van der Waals surface area contributed by atoms with Gasteiger partial charge >= 0.3 is 0 Å². The minimum absolute atomic E-state index is 0.330. The van der Waals surface area contributed by atoms with Crippen LogP contribution in [0.4, 0.5) is 0 Å². The molecule has 0 aromatic heterocycles. The molecule has 0 N–H and O–H groups in total. The summed E-state index contributed by atoms with van der Waals surface area (Å²) in [7, 11) is 0. The molecule has 0 amide bonds. The highest BCUT2D eigenvalue weighted by Crippen LogP contribution is 2.33. The Morgan fingerprint density at radius 1 is 1.47 bits per heavy atom. The predicted octanol–water partition coefficient (Wildman–Crippen LogP) is 2.42. The number of hydrogen-bond acceptors (Lipinski definition) is 2. The summed E-state index contributed by atoms with van der Waals surface area (Å²) in [4.78, 5) is 0. The molecule has 1 fully saturated rings. The van der Waals surface area contributed by atoms with Gasteiger partial charge in [0.05, 0.1) is 6.61 Å². The normalized spacial score (nSPS) is 22.2. The first-order valence-electron chi connectivity index (χ1n) is 5.38. The number of benzene rings is 1.